The topological polar surface area (TPSA) is 98.7 Å². The van der Waals surface area contributed by atoms with Crippen molar-refractivity contribution in [2.45, 2.75) is 57.8 Å². The third-order valence-electron chi connectivity index (χ3n) is 5.61. The minimum atomic E-state index is -0.750. The molecule has 7 heteroatoms. The van der Waals surface area contributed by atoms with Gasteiger partial charge in [0.15, 0.2) is 11.2 Å². The molecular formula is C22H26N4O3. The molecule has 4 rings (SSSR count). The number of carboxylic acid groups (broad SMARTS) is 1. The maximum absolute atomic E-state index is 12.5. The van der Waals surface area contributed by atoms with Crippen LogP contribution in [0.4, 0.5) is 17.2 Å². The summed E-state index contributed by atoms with van der Waals surface area (Å²) in [7, 11) is 0. The van der Waals surface area contributed by atoms with Gasteiger partial charge in [-0.05, 0) is 61.8 Å². The molecule has 0 saturated heterocycles. The number of nitrogens with zero attached hydrogens (tertiary/aromatic N) is 3. The summed E-state index contributed by atoms with van der Waals surface area (Å²) in [6.45, 7) is 6.60. The van der Waals surface area contributed by atoms with Crippen LogP contribution in [0.5, 0.6) is 0 Å². The Kier molecular flexibility index (Phi) is 5.22. The standard InChI is InChI=1S/C22H26N4O3/c1-13-11-17-18(12-16(13)15-8-9-15)26(10-6-4-3-5-7-19(27)28)21-20(25-17)22(29)24-14(2)23-21/h11-12,15H,2-10H2,1H3,(H,24,29)(H,27,28). The summed E-state index contributed by atoms with van der Waals surface area (Å²) >= 11 is 0. The molecule has 1 fully saturated rings. The summed E-state index contributed by atoms with van der Waals surface area (Å²) in [5, 5.41) is 9.11. The van der Waals surface area contributed by atoms with E-state index in [0.29, 0.717) is 35.5 Å². The number of benzene rings is 1. The van der Waals surface area contributed by atoms with Crippen LogP contribution in [0.25, 0.3) is 6.58 Å². The molecule has 2 aliphatic rings. The van der Waals surface area contributed by atoms with E-state index in [4.69, 9.17) is 5.11 Å². The molecule has 0 amide bonds. The van der Waals surface area contributed by atoms with Crippen molar-refractivity contribution < 1.29 is 9.90 Å². The van der Waals surface area contributed by atoms with Crippen molar-refractivity contribution in [1.82, 2.24) is 9.97 Å². The number of carboxylic acids is 1. The molecule has 1 aliphatic carbocycles. The number of unbranched alkanes of at least 4 members (excludes halogenated alkanes) is 3. The van der Waals surface area contributed by atoms with Crippen molar-refractivity contribution in [3.8, 4) is 0 Å². The summed E-state index contributed by atoms with van der Waals surface area (Å²) in [6.07, 6.45) is 6.01. The number of aromatic amines is 1. The van der Waals surface area contributed by atoms with Gasteiger partial charge >= 0.3 is 5.97 Å². The molecule has 29 heavy (non-hydrogen) atoms. The molecule has 0 bridgehead atoms. The third kappa shape index (κ3) is 4.09. The van der Waals surface area contributed by atoms with Crippen molar-refractivity contribution in [2.24, 2.45) is 4.99 Å². The molecule has 1 aliphatic heterocycles. The predicted octanol–water partition coefficient (Wildman–Crippen LogP) is 2.80. The first kappa shape index (κ1) is 19.4. The van der Waals surface area contributed by atoms with Crippen LogP contribution in [0, 0.1) is 6.92 Å². The Balaban J connectivity index is 1.65. The van der Waals surface area contributed by atoms with Gasteiger partial charge in [0.2, 0.25) is 0 Å². The van der Waals surface area contributed by atoms with Gasteiger partial charge in [0.1, 0.15) is 5.48 Å². The number of anilines is 2. The zero-order valence-electron chi connectivity index (χ0n) is 16.7. The number of aryl methyl sites for hydroxylation is 1. The van der Waals surface area contributed by atoms with E-state index in [2.05, 4.69) is 45.5 Å². The average molecular weight is 394 g/mol. The van der Waals surface area contributed by atoms with E-state index in [1.807, 2.05) is 0 Å². The quantitative estimate of drug-likeness (QED) is 0.671. The van der Waals surface area contributed by atoms with E-state index in [0.717, 1.165) is 30.6 Å². The van der Waals surface area contributed by atoms with Gasteiger partial charge in [-0.15, -0.1) is 0 Å². The monoisotopic (exact) mass is 394 g/mol. The van der Waals surface area contributed by atoms with E-state index >= 15 is 0 Å². The van der Waals surface area contributed by atoms with E-state index in [-0.39, 0.29) is 12.0 Å². The molecule has 0 spiro atoms. The van der Waals surface area contributed by atoms with E-state index < -0.39 is 5.97 Å². The van der Waals surface area contributed by atoms with Crippen molar-refractivity contribution in [3.05, 3.63) is 44.5 Å². The lowest BCUT2D eigenvalue weighted by molar-refractivity contribution is -0.137. The van der Waals surface area contributed by atoms with Crippen LogP contribution in [0.3, 0.4) is 0 Å². The highest BCUT2D eigenvalue weighted by molar-refractivity contribution is 5.77. The molecule has 152 valence electrons. The smallest absolute Gasteiger partial charge is 0.303 e. The van der Waals surface area contributed by atoms with Crippen LogP contribution < -0.4 is 21.3 Å². The van der Waals surface area contributed by atoms with Crippen molar-refractivity contribution in [3.63, 3.8) is 0 Å². The fourth-order valence-corrected chi connectivity index (χ4v) is 3.99. The zero-order chi connectivity index (χ0) is 20.5. The van der Waals surface area contributed by atoms with Gasteiger partial charge in [-0.1, -0.05) is 19.4 Å². The van der Waals surface area contributed by atoms with Crippen LogP contribution in [0.2, 0.25) is 0 Å². The maximum Gasteiger partial charge on any atom is 0.303 e. The number of hydrogen-bond acceptors (Lipinski definition) is 5. The molecule has 0 atom stereocenters. The number of carbonyl (C=O) groups is 1. The number of aromatic nitrogens is 2. The molecule has 0 unspecified atom stereocenters. The number of fused-ring (bicyclic) bond motifs is 2. The SMILES string of the molecule is C=c1nc2c(c(=O)[nH]1)=Nc1cc(C)c(C3CC3)cc1N2CCCCCCC(=O)O. The van der Waals surface area contributed by atoms with Gasteiger partial charge in [0, 0.05) is 13.0 Å². The zero-order valence-corrected chi connectivity index (χ0v) is 16.7. The second-order valence-corrected chi connectivity index (χ2v) is 7.98. The molecule has 0 radical (unpaired) electrons. The molecule has 2 heterocycles. The van der Waals surface area contributed by atoms with Gasteiger partial charge in [0.05, 0.1) is 11.4 Å². The summed E-state index contributed by atoms with van der Waals surface area (Å²) in [6, 6.07) is 4.29. The Bertz CT molecular complexity index is 1120. The average Bonchev–Trinajstić information content (AvgIpc) is 3.49. The van der Waals surface area contributed by atoms with Crippen molar-refractivity contribution in [1.29, 1.82) is 0 Å². The maximum atomic E-state index is 12.5. The minimum Gasteiger partial charge on any atom is -0.481 e. The van der Waals surface area contributed by atoms with Gasteiger partial charge in [-0.3, -0.25) is 9.59 Å². The van der Waals surface area contributed by atoms with Gasteiger partial charge in [-0.2, -0.15) is 0 Å². The Labute approximate surface area is 168 Å². The first-order valence-electron chi connectivity index (χ1n) is 10.3. The van der Waals surface area contributed by atoms with Crippen LogP contribution in [-0.4, -0.2) is 27.6 Å². The predicted molar refractivity (Wildman–Crippen MR) is 112 cm³/mol. The Hall–Kier alpha value is -2.96. The van der Waals surface area contributed by atoms with Gasteiger partial charge in [-0.25, -0.2) is 9.98 Å². The first-order chi connectivity index (χ1) is 13.9. The molecule has 1 saturated carbocycles. The Morgan fingerprint density at radius 2 is 2.03 bits per heavy atom. The van der Waals surface area contributed by atoms with Crippen molar-refractivity contribution in [2.75, 3.05) is 11.4 Å². The van der Waals surface area contributed by atoms with Gasteiger partial charge < -0.3 is 15.0 Å². The van der Waals surface area contributed by atoms with Crippen molar-refractivity contribution >= 4 is 29.7 Å². The van der Waals surface area contributed by atoms with Crippen LogP contribution >= 0.6 is 0 Å². The molecule has 1 aromatic carbocycles. The van der Waals surface area contributed by atoms with Crippen LogP contribution in [-0.2, 0) is 4.79 Å². The molecular weight excluding hydrogens is 368 g/mol. The lowest BCUT2D eigenvalue weighted by Gasteiger charge is -2.29. The Morgan fingerprint density at radius 3 is 2.76 bits per heavy atom. The highest BCUT2D eigenvalue weighted by atomic mass is 16.4. The minimum absolute atomic E-state index is 0.208. The van der Waals surface area contributed by atoms with E-state index in [1.54, 1.807) is 0 Å². The number of nitrogens with one attached hydrogen (secondary N) is 1. The lowest BCUT2D eigenvalue weighted by atomic mass is 10.0. The molecule has 2 N–H and O–H groups in total. The summed E-state index contributed by atoms with van der Waals surface area (Å²) in [5.41, 5.74) is 4.41. The first-order valence-corrected chi connectivity index (χ1v) is 10.3. The largest absolute Gasteiger partial charge is 0.481 e. The second kappa shape index (κ2) is 7.81. The van der Waals surface area contributed by atoms with Crippen LogP contribution in [0.15, 0.2) is 21.9 Å². The number of hydrogen-bond donors (Lipinski definition) is 2. The fourth-order valence-electron chi connectivity index (χ4n) is 3.99. The normalized spacial score (nSPS) is 14.9. The number of H-pyrrole nitrogens is 1. The number of rotatable bonds is 8. The second-order valence-electron chi connectivity index (χ2n) is 7.98. The molecule has 2 aromatic rings. The highest BCUT2D eigenvalue weighted by Crippen LogP contribution is 2.46. The van der Waals surface area contributed by atoms with Crippen LogP contribution in [0.1, 0.15) is 62.0 Å². The molecule has 1 aromatic heterocycles. The lowest BCUT2D eigenvalue weighted by Crippen LogP contribution is -2.42. The van der Waals surface area contributed by atoms with Gasteiger partial charge in [0.25, 0.3) is 5.56 Å². The Morgan fingerprint density at radius 1 is 1.28 bits per heavy atom. The number of aliphatic carboxylic acids is 1. The summed E-state index contributed by atoms with van der Waals surface area (Å²) in [5.74, 6) is 0.428. The molecule has 7 nitrogen and oxygen atoms in total. The highest BCUT2D eigenvalue weighted by Gasteiger charge is 2.29. The van der Waals surface area contributed by atoms with E-state index in [1.165, 1.54) is 24.0 Å². The third-order valence-corrected chi connectivity index (χ3v) is 5.61. The summed E-state index contributed by atoms with van der Waals surface area (Å²) < 4.78 is 0. The summed E-state index contributed by atoms with van der Waals surface area (Å²) in [4.78, 5) is 37.0. The van der Waals surface area contributed by atoms with E-state index in [9.17, 15) is 9.59 Å². The fraction of sp³-hybridized carbons (Fsp3) is 0.455.